The van der Waals surface area contributed by atoms with Gasteiger partial charge in [0.2, 0.25) is 0 Å². The van der Waals surface area contributed by atoms with Crippen LogP contribution in [0.15, 0.2) is 16.4 Å². The fraction of sp³-hybridized carbons (Fsp3) is 0.750. The van der Waals surface area contributed by atoms with E-state index >= 15 is 0 Å². The first-order chi connectivity index (χ1) is 7.96. The van der Waals surface area contributed by atoms with Crippen LogP contribution in [0.2, 0.25) is 19.6 Å². The van der Waals surface area contributed by atoms with Crippen LogP contribution in [0, 0.1) is 0 Å². The molecule has 1 N–H and O–H groups in total. The molecule has 98 valence electrons. The van der Waals surface area contributed by atoms with Crippen LogP contribution in [0.1, 0.15) is 19.3 Å². The Kier molecular flexibility index (Phi) is 5.36. The molecule has 17 heavy (non-hydrogen) atoms. The number of ether oxygens (including phenoxy) is 2. The molecular formula is C12H23NO3Si. The highest BCUT2D eigenvalue weighted by atomic mass is 28.3. The van der Waals surface area contributed by atoms with Crippen LogP contribution in [0.5, 0.6) is 0 Å². The van der Waals surface area contributed by atoms with Crippen LogP contribution in [0.4, 0.5) is 0 Å². The lowest BCUT2D eigenvalue weighted by molar-refractivity contribution is -0.0622. The van der Waals surface area contributed by atoms with E-state index in [0.717, 1.165) is 25.0 Å². The fourth-order valence-corrected chi connectivity index (χ4v) is 3.45. The van der Waals surface area contributed by atoms with Gasteiger partial charge in [-0.15, -0.1) is 0 Å². The Balaban J connectivity index is 2.78. The molecule has 0 spiro atoms. The van der Waals surface area contributed by atoms with E-state index in [4.69, 9.17) is 14.7 Å². The summed E-state index contributed by atoms with van der Waals surface area (Å²) < 4.78 is 10.6. The summed E-state index contributed by atoms with van der Waals surface area (Å²) in [7, 11) is 0.343. The van der Waals surface area contributed by atoms with E-state index in [-0.39, 0.29) is 6.10 Å². The summed E-state index contributed by atoms with van der Waals surface area (Å²) in [6, 6.07) is 0. The van der Waals surface area contributed by atoms with Gasteiger partial charge in [-0.3, -0.25) is 0 Å². The molecule has 0 aromatic carbocycles. The normalized spacial score (nSPS) is 26.7. The van der Waals surface area contributed by atoms with Crippen molar-refractivity contribution in [3.05, 3.63) is 11.3 Å². The second kappa shape index (κ2) is 6.33. The van der Waals surface area contributed by atoms with Crippen molar-refractivity contribution in [3.63, 3.8) is 0 Å². The standard InChI is InChI=1S/C12H23NO3Si/c1-15-9-16-12-6-5-11(13-14)7-10(12)8-17(2,3)4/h8,12,14H,5-7,9H2,1-4H3/b10-8+,13-11+. The van der Waals surface area contributed by atoms with Gasteiger partial charge in [-0.25, -0.2) is 0 Å². The zero-order chi connectivity index (χ0) is 12.9. The number of hydrogen-bond acceptors (Lipinski definition) is 4. The summed E-state index contributed by atoms with van der Waals surface area (Å²) in [5, 5.41) is 12.2. The molecule has 0 saturated heterocycles. The summed E-state index contributed by atoms with van der Waals surface area (Å²) in [6.45, 7) is 7.19. The zero-order valence-corrected chi connectivity index (χ0v) is 12.2. The average Bonchev–Trinajstić information content (AvgIpc) is 2.25. The van der Waals surface area contributed by atoms with E-state index in [1.807, 2.05) is 0 Å². The molecule has 1 saturated carbocycles. The van der Waals surface area contributed by atoms with E-state index in [9.17, 15) is 0 Å². The molecule has 4 nitrogen and oxygen atoms in total. The molecule has 1 aliphatic rings. The minimum Gasteiger partial charge on any atom is -0.411 e. The molecule has 5 heteroatoms. The highest BCUT2D eigenvalue weighted by molar-refractivity contribution is 6.81. The average molecular weight is 257 g/mol. The fourth-order valence-electron chi connectivity index (χ4n) is 2.05. The number of nitrogens with zero attached hydrogens (tertiary/aromatic N) is 1. The maximum Gasteiger partial charge on any atom is 0.147 e. The second-order valence-corrected chi connectivity index (χ2v) is 10.5. The summed E-state index contributed by atoms with van der Waals surface area (Å²) in [5.74, 6) is 0. The maximum atomic E-state index is 8.88. The Hall–Kier alpha value is -0.653. The predicted octanol–water partition coefficient (Wildman–Crippen LogP) is 2.79. The smallest absolute Gasteiger partial charge is 0.147 e. The Morgan fingerprint density at radius 2 is 2.18 bits per heavy atom. The molecule has 1 fully saturated rings. The number of oxime groups is 1. The van der Waals surface area contributed by atoms with E-state index in [1.165, 1.54) is 5.57 Å². The van der Waals surface area contributed by atoms with Gasteiger partial charge >= 0.3 is 0 Å². The van der Waals surface area contributed by atoms with Crippen LogP contribution < -0.4 is 0 Å². The van der Waals surface area contributed by atoms with Crippen molar-refractivity contribution in [1.82, 2.24) is 0 Å². The molecular weight excluding hydrogens is 234 g/mol. The van der Waals surface area contributed by atoms with Gasteiger partial charge in [0.1, 0.15) is 6.79 Å². The van der Waals surface area contributed by atoms with Gasteiger partial charge in [0.25, 0.3) is 0 Å². The van der Waals surface area contributed by atoms with Crippen molar-refractivity contribution in [3.8, 4) is 0 Å². The minimum atomic E-state index is -1.29. The Morgan fingerprint density at radius 3 is 2.71 bits per heavy atom. The first-order valence-corrected chi connectivity index (χ1v) is 9.56. The first-order valence-electron chi connectivity index (χ1n) is 5.98. The van der Waals surface area contributed by atoms with Crippen molar-refractivity contribution >= 4 is 13.8 Å². The van der Waals surface area contributed by atoms with E-state index < -0.39 is 8.07 Å². The largest absolute Gasteiger partial charge is 0.411 e. The van der Waals surface area contributed by atoms with Gasteiger partial charge in [0.05, 0.1) is 19.9 Å². The third-order valence-electron chi connectivity index (χ3n) is 2.66. The summed E-state index contributed by atoms with van der Waals surface area (Å²) in [4.78, 5) is 0. The zero-order valence-electron chi connectivity index (χ0n) is 11.2. The van der Waals surface area contributed by atoms with Crippen LogP contribution in [0.25, 0.3) is 0 Å². The van der Waals surface area contributed by atoms with Crippen molar-refractivity contribution in [2.45, 2.75) is 45.0 Å². The number of methoxy groups -OCH3 is 1. The molecule has 0 heterocycles. The summed E-state index contributed by atoms with van der Waals surface area (Å²) in [5.41, 5.74) is 4.45. The van der Waals surface area contributed by atoms with Gasteiger partial charge in [-0.1, -0.05) is 30.5 Å². The van der Waals surface area contributed by atoms with Gasteiger partial charge in [0.15, 0.2) is 0 Å². The lowest BCUT2D eigenvalue weighted by Crippen LogP contribution is -2.29. The molecule has 1 atom stereocenters. The molecule has 1 aliphatic carbocycles. The van der Waals surface area contributed by atoms with Crippen LogP contribution in [0.3, 0.4) is 0 Å². The maximum absolute atomic E-state index is 8.88. The lowest BCUT2D eigenvalue weighted by Gasteiger charge is -2.28. The Labute approximate surface area is 104 Å². The monoisotopic (exact) mass is 257 g/mol. The van der Waals surface area contributed by atoms with Crippen molar-refractivity contribution in [2.24, 2.45) is 5.16 Å². The third kappa shape index (κ3) is 5.02. The first kappa shape index (κ1) is 14.4. The molecule has 1 unspecified atom stereocenters. The van der Waals surface area contributed by atoms with Gasteiger partial charge < -0.3 is 14.7 Å². The van der Waals surface area contributed by atoms with Gasteiger partial charge in [-0.05, 0) is 18.4 Å². The van der Waals surface area contributed by atoms with E-state index in [1.54, 1.807) is 7.11 Å². The molecule has 1 rings (SSSR count). The number of rotatable bonds is 4. The molecule has 0 aromatic rings. The predicted molar refractivity (Wildman–Crippen MR) is 71.3 cm³/mol. The Morgan fingerprint density at radius 1 is 1.47 bits per heavy atom. The topological polar surface area (TPSA) is 51.0 Å². The van der Waals surface area contributed by atoms with Crippen molar-refractivity contribution in [2.75, 3.05) is 13.9 Å². The van der Waals surface area contributed by atoms with Crippen molar-refractivity contribution in [1.29, 1.82) is 0 Å². The second-order valence-electron chi connectivity index (χ2n) is 5.53. The van der Waals surface area contributed by atoms with Crippen LogP contribution in [-0.4, -0.2) is 39.0 Å². The van der Waals surface area contributed by atoms with Gasteiger partial charge in [-0.2, -0.15) is 0 Å². The van der Waals surface area contributed by atoms with Crippen molar-refractivity contribution < 1.29 is 14.7 Å². The molecule has 0 bridgehead atoms. The SMILES string of the molecule is COCOC1CC/C(=N\O)C/C1=C\[Si](C)(C)C. The lowest BCUT2D eigenvalue weighted by atomic mass is 9.91. The summed E-state index contributed by atoms with van der Waals surface area (Å²) in [6.07, 6.45) is 2.52. The highest BCUT2D eigenvalue weighted by Gasteiger charge is 2.25. The minimum absolute atomic E-state index is 0.118. The van der Waals surface area contributed by atoms with E-state index in [2.05, 4.69) is 30.5 Å². The third-order valence-corrected chi connectivity index (χ3v) is 3.90. The molecule has 0 radical (unpaired) electrons. The van der Waals surface area contributed by atoms with E-state index in [0.29, 0.717) is 6.79 Å². The van der Waals surface area contributed by atoms with Crippen LogP contribution in [-0.2, 0) is 9.47 Å². The quantitative estimate of drug-likeness (QED) is 0.365. The molecule has 0 amide bonds. The summed E-state index contributed by atoms with van der Waals surface area (Å²) >= 11 is 0. The van der Waals surface area contributed by atoms with Gasteiger partial charge in [0, 0.05) is 13.5 Å². The van der Waals surface area contributed by atoms with Crippen LogP contribution >= 0.6 is 0 Å². The number of hydrogen-bond donors (Lipinski definition) is 1. The highest BCUT2D eigenvalue weighted by Crippen LogP contribution is 2.26. The molecule has 0 aliphatic heterocycles. The Bertz CT molecular complexity index is 307. The molecule has 0 aromatic heterocycles.